The summed E-state index contributed by atoms with van der Waals surface area (Å²) >= 11 is 0. The van der Waals surface area contributed by atoms with Gasteiger partial charge in [0.05, 0.1) is 0 Å². The molecule has 0 atom stereocenters. The molecule has 0 amide bonds. The molecule has 2 aromatic rings. The van der Waals surface area contributed by atoms with Crippen LogP contribution >= 0.6 is 0 Å². The minimum atomic E-state index is 0.487. The second-order valence-electron chi connectivity index (χ2n) is 5.44. The first-order valence-corrected chi connectivity index (χ1v) is 7.23. The molecule has 0 aliphatic heterocycles. The van der Waals surface area contributed by atoms with Crippen LogP contribution in [0.3, 0.4) is 0 Å². The van der Waals surface area contributed by atoms with Gasteiger partial charge in [-0.05, 0) is 29.9 Å². The second kappa shape index (κ2) is 5.48. The maximum atomic E-state index is 10.6. The Morgan fingerprint density at radius 2 is 1.53 bits per heavy atom. The van der Waals surface area contributed by atoms with E-state index in [1.54, 1.807) is 0 Å². The van der Waals surface area contributed by atoms with Gasteiger partial charge in [-0.2, -0.15) is 0 Å². The normalized spacial score (nSPS) is 16.4. The predicted octanol–water partition coefficient (Wildman–Crippen LogP) is 5.11. The fourth-order valence-electron chi connectivity index (χ4n) is 3.16. The topological polar surface area (TPSA) is 20.2 Å². The van der Waals surface area contributed by atoms with E-state index in [-0.39, 0.29) is 0 Å². The summed E-state index contributed by atoms with van der Waals surface area (Å²) in [5.41, 5.74) is 3.20. The first-order valence-electron chi connectivity index (χ1n) is 7.23. The van der Waals surface area contributed by atoms with E-state index in [2.05, 4.69) is 24.3 Å². The highest BCUT2D eigenvalue weighted by Crippen LogP contribution is 2.41. The van der Waals surface area contributed by atoms with E-state index < -0.39 is 0 Å². The minimum Gasteiger partial charge on any atom is -0.507 e. The maximum Gasteiger partial charge on any atom is 0.126 e. The lowest BCUT2D eigenvalue weighted by Crippen LogP contribution is -2.05. The van der Waals surface area contributed by atoms with Crippen molar-refractivity contribution in [2.75, 3.05) is 0 Å². The zero-order valence-corrected chi connectivity index (χ0v) is 11.2. The molecule has 1 aliphatic carbocycles. The van der Waals surface area contributed by atoms with Crippen molar-refractivity contribution in [1.82, 2.24) is 0 Å². The fraction of sp³-hybridized carbons (Fsp3) is 0.333. The zero-order valence-electron chi connectivity index (χ0n) is 11.2. The third-order valence-electron chi connectivity index (χ3n) is 4.20. The van der Waals surface area contributed by atoms with Gasteiger partial charge in [-0.25, -0.2) is 0 Å². The summed E-state index contributed by atoms with van der Waals surface area (Å²) in [5.74, 6) is 1.03. The molecule has 1 N–H and O–H groups in total. The number of para-hydroxylation sites is 1. The molecule has 0 spiro atoms. The number of hydrogen-bond acceptors (Lipinski definition) is 1. The van der Waals surface area contributed by atoms with Gasteiger partial charge in [0.25, 0.3) is 0 Å². The Bertz CT molecular complexity index is 539. The van der Waals surface area contributed by atoms with Crippen LogP contribution in [0.15, 0.2) is 48.5 Å². The van der Waals surface area contributed by atoms with Crippen molar-refractivity contribution >= 4 is 0 Å². The Balaban J connectivity index is 1.99. The summed E-state index contributed by atoms with van der Waals surface area (Å²) in [5, 5.41) is 10.6. The molecule has 98 valence electrons. The number of phenolic OH excluding ortho intramolecular Hbond substituents is 1. The van der Waals surface area contributed by atoms with E-state index in [9.17, 15) is 5.11 Å². The van der Waals surface area contributed by atoms with Crippen molar-refractivity contribution < 1.29 is 5.11 Å². The van der Waals surface area contributed by atoms with Gasteiger partial charge in [0.2, 0.25) is 0 Å². The van der Waals surface area contributed by atoms with Crippen LogP contribution in [0.2, 0.25) is 0 Å². The molecular weight excluding hydrogens is 232 g/mol. The van der Waals surface area contributed by atoms with Crippen molar-refractivity contribution in [2.24, 2.45) is 0 Å². The van der Waals surface area contributed by atoms with Gasteiger partial charge in [0.15, 0.2) is 0 Å². The molecule has 2 aromatic carbocycles. The first-order chi connectivity index (χ1) is 9.36. The predicted molar refractivity (Wildman–Crippen MR) is 79.4 cm³/mol. The van der Waals surface area contributed by atoms with Crippen molar-refractivity contribution in [3.63, 3.8) is 0 Å². The summed E-state index contributed by atoms with van der Waals surface area (Å²) < 4.78 is 0. The largest absolute Gasteiger partial charge is 0.507 e. The van der Waals surface area contributed by atoms with Gasteiger partial charge < -0.3 is 5.11 Å². The zero-order chi connectivity index (χ0) is 13.1. The highest BCUT2D eigenvalue weighted by atomic mass is 16.3. The van der Waals surface area contributed by atoms with Crippen LogP contribution in [0.5, 0.6) is 5.75 Å². The van der Waals surface area contributed by atoms with Gasteiger partial charge in [0.1, 0.15) is 5.75 Å². The molecule has 0 bridgehead atoms. The van der Waals surface area contributed by atoms with Gasteiger partial charge in [-0.15, -0.1) is 0 Å². The monoisotopic (exact) mass is 252 g/mol. The lowest BCUT2D eigenvalue weighted by Gasteiger charge is -2.23. The summed E-state index contributed by atoms with van der Waals surface area (Å²) in [7, 11) is 0. The summed E-state index contributed by atoms with van der Waals surface area (Å²) in [6.45, 7) is 0. The van der Waals surface area contributed by atoms with Crippen LogP contribution < -0.4 is 0 Å². The molecule has 0 radical (unpaired) electrons. The summed E-state index contributed by atoms with van der Waals surface area (Å²) in [6.07, 6.45) is 6.35. The van der Waals surface area contributed by atoms with Crippen molar-refractivity contribution in [3.05, 3.63) is 54.1 Å². The van der Waals surface area contributed by atoms with E-state index in [1.165, 1.54) is 32.1 Å². The van der Waals surface area contributed by atoms with Gasteiger partial charge >= 0.3 is 0 Å². The van der Waals surface area contributed by atoms with Crippen LogP contribution in [-0.4, -0.2) is 5.11 Å². The fourth-order valence-corrected chi connectivity index (χ4v) is 3.16. The molecular formula is C18H20O. The molecule has 0 unspecified atom stereocenters. The number of aromatic hydroxyl groups is 1. The molecule has 3 rings (SSSR count). The standard InChI is InChI=1S/C18H20O/c19-18-16(14-8-3-1-4-9-14)12-7-13-17(18)15-10-5-2-6-11-15/h1,3-4,7-9,12-13,15,19H,2,5-6,10-11H2. The Morgan fingerprint density at radius 3 is 2.26 bits per heavy atom. The van der Waals surface area contributed by atoms with E-state index in [0.717, 1.165) is 16.7 Å². The summed E-state index contributed by atoms with van der Waals surface area (Å²) in [4.78, 5) is 0. The molecule has 0 aromatic heterocycles. The lowest BCUT2D eigenvalue weighted by molar-refractivity contribution is 0.415. The number of hydrogen-bond donors (Lipinski definition) is 1. The number of rotatable bonds is 2. The summed E-state index contributed by atoms with van der Waals surface area (Å²) in [6, 6.07) is 16.3. The third-order valence-corrected chi connectivity index (χ3v) is 4.20. The van der Waals surface area contributed by atoms with Crippen molar-refractivity contribution in [1.29, 1.82) is 0 Å². The maximum absolute atomic E-state index is 10.6. The Labute approximate surface area is 114 Å². The Morgan fingerprint density at radius 1 is 0.789 bits per heavy atom. The minimum absolute atomic E-state index is 0.487. The average Bonchev–Trinajstić information content (AvgIpc) is 2.49. The average molecular weight is 252 g/mol. The van der Waals surface area contributed by atoms with Crippen molar-refractivity contribution in [2.45, 2.75) is 38.0 Å². The lowest BCUT2D eigenvalue weighted by atomic mass is 9.82. The molecule has 19 heavy (non-hydrogen) atoms. The van der Waals surface area contributed by atoms with Gasteiger partial charge in [-0.3, -0.25) is 0 Å². The SMILES string of the molecule is Oc1c(-c2ccccc2)cccc1C1CCCCC1. The Hall–Kier alpha value is -1.76. The molecule has 1 fully saturated rings. The highest BCUT2D eigenvalue weighted by Gasteiger charge is 2.20. The van der Waals surface area contributed by atoms with E-state index in [4.69, 9.17) is 0 Å². The van der Waals surface area contributed by atoms with E-state index in [0.29, 0.717) is 11.7 Å². The number of benzene rings is 2. The highest BCUT2D eigenvalue weighted by molar-refractivity contribution is 5.72. The van der Waals surface area contributed by atoms with Crippen LogP contribution in [0.25, 0.3) is 11.1 Å². The van der Waals surface area contributed by atoms with Crippen LogP contribution in [0, 0.1) is 0 Å². The van der Waals surface area contributed by atoms with E-state index >= 15 is 0 Å². The van der Waals surface area contributed by atoms with Crippen LogP contribution in [-0.2, 0) is 0 Å². The van der Waals surface area contributed by atoms with Gasteiger partial charge in [-0.1, -0.05) is 67.8 Å². The quantitative estimate of drug-likeness (QED) is 0.787. The molecule has 0 heterocycles. The van der Waals surface area contributed by atoms with Gasteiger partial charge in [0, 0.05) is 5.56 Å². The van der Waals surface area contributed by atoms with Crippen LogP contribution in [0.1, 0.15) is 43.6 Å². The Kier molecular flexibility index (Phi) is 3.54. The smallest absolute Gasteiger partial charge is 0.126 e. The second-order valence-corrected chi connectivity index (χ2v) is 5.44. The molecule has 1 saturated carbocycles. The number of phenols is 1. The molecule has 1 nitrogen and oxygen atoms in total. The molecule has 1 heteroatoms. The van der Waals surface area contributed by atoms with Crippen molar-refractivity contribution in [3.8, 4) is 16.9 Å². The first kappa shape index (κ1) is 12.3. The third kappa shape index (κ3) is 2.51. The molecule has 1 aliphatic rings. The van der Waals surface area contributed by atoms with Crippen LogP contribution in [0.4, 0.5) is 0 Å². The molecule has 0 saturated heterocycles. The van der Waals surface area contributed by atoms with E-state index in [1.807, 2.05) is 24.3 Å².